The molecule has 190 valence electrons. The Labute approximate surface area is 217 Å². The second-order valence-electron chi connectivity index (χ2n) is 9.78. The average Bonchev–Trinajstić information content (AvgIpc) is 3.21. The third-order valence-electron chi connectivity index (χ3n) is 7.38. The minimum Gasteiger partial charge on any atom is -0.360 e. The molecule has 2 saturated heterocycles. The van der Waals surface area contributed by atoms with Gasteiger partial charge in [-0.15, -0.1) is 0 Å². The van der Waals surface area contributed by atoms with E-state index in [4.69, 9.17) is 0 Å². The van der Waals surface area contributed by atoms with Crippen LogP contribution < -0.4 is 9.80 Å². The van der Waals surface area contributed by atoms with Gasteiger partial charge in [0, 0.05) is 17.8 Å². The monoisotopic (exact) mass is 498 g/mol. The topological polar surface area (TPSA) is 45.1 Å². The molecule has 3 aromatic carbocycles. The number of piperazine rings is 1. The number of likely N-dealkylation sites (tertiary alicyclic amines) is 1. The first kappa shape index (κ1) is 24.9. The number of carbonyl (C=O) groups excluding carboxylic acids is 2. The van der Waals surface area contributed by atoms with Crippen molar-refractivity contribution in [1.82, 2.24) is 4.90 Å². The SMILES string of the molecule is O=C1CC(=C(c2ccccc2)c2ccccc2)C(=O)N1CCCC[NH+]1CCN(c2ccc(F)cc2)CC1. The van der Waals surface area contributed by atoms with E-state index in [1.165, 1.54) is 21.9 Å². The van der Waals surface area contributed by atoms with Crippen molar-refractivity contribution in [3.8, 4) is 0 Å². The lowest BCUT2D eigenvalue weighted by molar-refractivity contribution is -0.900. The van der Waals surface area contributed by atoms with Crippen LogP contribution in [0.4, 0.5) is 10.1 Å². The summed E-state index contributed by atoms with van der Waals surface area (Å²) in [6.45, 7) is 5.44. The molecule has 37 heavy (non-hydrogen) atoms. The molecule has 5 rings (SSSR count). The maximum Gasteiger partial charge on any atom is 0.257 e. The first-order valence-electron chi connectivity index (χ1n) is 13.1. The van der Waals surface area contributed by atoms with Crippen molar-refractivity contribution in [1.29, 1.82) is 0 Å². The Morgan fingerprint density at radius 3 is 1.97 bits per heavy atom. The number of amides is 2. The molecular formula is C31H33FN3O2+. The number of nitrogens with zero attached hydrogens (tertiary/aromatic N) is 2. The number of imide groups is 1. The molecule has 0 atom stereocenters. The molecule has 1 N–H and O–H groups in total. The Morgan fingerprint density at radius 1 is 0.784 bits per heavy atom. The Balaban J connectivity index is 1.17. The summed E-state index contributed by atoms with van der Waals surface area (Å²) in [5.74, 6) is -0.473. The average molecular weight is 499 g/mol. The molecule has 2 aliphatic rings. The molecule has 5 nitrogen and oxygen atoms in total. The molecule has 0 aromatic heterocycles. The Kier molecular flexibility index (Phi) is 7.76. The van der Waals surface area contributed by atoms with Crippen LogP contribution in [0, 0.1) is 5.82 Å². The molecular weight excluding hydrogens is 465 g/mol. The lowest BCUT2D eigenvalue weighted by Crippen LogP contribution is -3.14. The second-order valence-corrected chi connectivity index (χ2v) is 9.78. The van der Waals surface area contributed by atoms with Crippen LogP contribution in [0.15, 0.2) is 90.5 Å². The summed E-state index contributed by atoms with van der Waals surface area (Å²) in [5, 5.41) is 0. The Bertz CT molecular complexity index is 1210. The van der Waals surface area contributed by atoms with Crippen molar-refractivity contribution >= 4 is 23.1 Å². The van der Waals surface area contributed by atoms with Gasteiger partial charge in [-0.05, 0) is 53.8 Å². The van der Waals surface area contributed by atoms with Crippen molar-refractivity contribution in [3.05, 3.63) is 107 Å². The molecule has 2 fully saturated rings. The van der Waals surface area contributed by atoms with E-state index in [9.17, 15) is 14.0 Å². The second kappa shape index (κ2) is 11.5. The van der Waals surface area contributed by atoms with Crippen molar-refractivity contribution in [3.63, 3.8) is 0 Å². The highest BCUT2D eigenvalue weighted by Crippen LogP contribution is 2.33. The molecule has 0 aliphatic carbocycles. The van der Waals surface area contributed by atoms with Crippen molar-refractivity contribution in [2.75, 3.05) is 44.2 Å². The number of hydrogen-bond donors (Lipinski definition) is 1. The number of halogens is 1. The van der Waals surface area contributed by atoms with Gasteiger partial charge in [-0.3, -0.25) is 14.5 Å². The third kappa shape index (κ3) is 5.81. The molecule has 0 saturated carbocycles. The summed E-state index contributed by atoms with van der Waals surface area (Å²) in [4.78, 5) is 31.6. The smallest absolute Gasteiger partial charge is 0.257 e. The first-order valence-corrected chi connectivity index (χ1v) is 13.1. The van der Waals surface area contributed by atoms with E-state index in [2.05, 4.69) is 4.90 Å². The molecule has 0 radical (unpaired) electrons. The number of unbranched alkanes of at least 4 members (excludes halogenated alkanes) is 1. The maximum atomic E-state index is 13.4. The van der Waals surface area contributed by atoms with E-state index < -0.39 is 0 Å². The molecule has 0 spiro atoms. The predicted octanol–water partition coefficient (Wildman–Crippen LogP) is 3.57. The number of carbonyl (C=O) groups is 2. The summed E-state index contributed by atoms with van der Waals surface area (Å²) < 4.78 is 13.2. The van der Waals surface area contributed by atoms with Gasteiger partial charge in [0.05, 0.1) is 39.1 Å². The fourth-order valence-electron chi connectivity index (χ4n) is 5.37. The molecule has 6 heteroatoms. The summed E-state index contributed by atoms with van der Waals surface area (Å²) in [6, 6.07) is 26.4. The van der Waals surface area contributed by atoms with Crippen LogP contribution in [0.5, 0.6) is 0 Å². The standard InChI is InChI=1S/C31H32FN3O2/c32-26-13-15-27(16-14-26)34-21-19-33(20-22-34)17-7-8-18-35-29(36)23-28(31(35)37)30(24-9-3-1-4-10-24)25-11-5-2-6-12-25/h1-6,9-16H,7-8,17-23H2/p+1. The number of nitrogens with one attached hydrogen (secondary N) is 1. The number of benzene rings is 3. The number of hydrogen-bond acceptors (Lipinski definition) is 3. The Morgan fingerprint density at radius 2 is 1.38 bits per heavy atom. The van der Waals surface area contributed by atoms with Gasteiger partial charge in [0.15, 0.2) is 0 Å². The van der Waals surface area contributed by atoms with Crippen LogP contribution >= 0.6 is 0 Å². The molecule has 2 amide bonds. The Hall–Kier alpha value is -3.77. The van der Waals surface area contributed by atoms with Gasteiger partial charge in [-0.25, -0.2) is 4.39 Å². The highest BCUT2D eigenvalue weighted by molar-refractivity contribution is 6.18. The van der Waals surface area contributed by atoms with Crippen molar-refractivity contribution in [2.45, 2.75) is 19.3 Å². The van der Waals surface area contributed by atoms with E-state index in [-0.39, 0.29) is 24.1 Å². The van der Waals surface area contributed by atoms with Gasteiger partial charge < -0.3 is 9.80 Å². The summed E-state index contributed by atoms with van der Waals surface area (Å²) >= 11 is 0. The number of anilines is 1. The summed E-state index contributed by atoms with van der Waals surface area (Å²) in [5.41, 5.74) is 4.42. The van der Waals surface area contributed by atoms with Crippen molar-refractivity contribution < 1.29 is 18.9 Å². The summed E-state index contributed by atoms with van der Waals surface area (Å²) in [7, 11) is 0. The molecule has 0 bridgehead atoms. The number of quaternary nitrogens is 1. The van der Waals surface area contributed by atoms with E-state index in [1.807, 2.05) is 72.8 Å². The predicted molar refractivity (Wildman–Crippen MR) is 144 cm³/mol. The zero-order valence-electron chi connectivity index (χ0n) is 21.0. The van der Waals surface area contributed by atoms with E-state index in [0.717, 1.165) is 68.0 Å². The normalized spacial score (nSPS) is 16.5. The lowest BCUT2D eigenvalue weighted by atomic mass is 9.92. The van der Waals surface area contributed by atoms with Gasteiger partial charge >= 0.3 is 0 Å². The van der Waals surface area contributed by atoms with Crippen LogP contribution in [-0.2, 0) is 9.59 Å². The molecule has 3 aromatic rings. The minimum atomic E-state index is -0.207. The highest BCUT2D eigenvalue weighted by atomic mass is 19.1. The number of rotatable bonds is 8. The molecule has 0 unspecified atom stereocenters. The van der Waals surface area contributed by atoms with Crippen LogP contribution in [0.2, 0.25) is 0 Å². The quantitative estimate of drug-likeness (QED) is 0.294. The van der Waals surface area contributed by atoms with E-state index in [1.54, 1.807) is 0 Å². The molecule has 2 heterocycles. The van der Waals surface area contributed by atoms with Crippen LogP contribution in [-0.4, -0.2) is 56.0 Å². The fourth-order valence-corrected chi connectivity index (χ4v) is 5.37. The van der Waals surface area contributed by atoms with Gasteiger partial charge in [0.25, 0.3) is 5.91 Å². The van der Waals surface area contributed by atoms with Gasteiger partial charge in [0.1, 0.15) is 5.82 Å². The van der Waals surface area contributed by atoms with Crippen LogP contribution in [0.25, 0.3) is 5.57 Å². The third-order valence-corrected chi connectivity index (χ3v) is 7.38. The first-order chi connectivity index (χ1) is 18.1. The lowest BCUT2D eigenvalue weighted by Gasteiger charge is -2.33. The largest absolute Gasteiger partial charge is 0.360 e. The van der Waals surface area contributed by atoms with E-state index >= 15 is 0 Å². The van der Waals surface area contributed by atoms with Crippen LogP contribution in [0.1, 0.15) is 30.4 Å². The molecule has 2 aliphatic heterocycles. The maximum absolute atomic E-state index is 13.4. The van der Waals surface area contributed by atoms with Crippen molar-refractivity contribution in [2.24, 2.45) is 0 Å². The van der Waals surface area contributed by atoms with Gasteiger partial charge in [-0.1, -0.05) is 60.7 Å². The van der Waals surface area contributed by atoms with Gasteiger partial charge in [-0.2, -0.15) is 0 Å². The minimum absolute atomic E-state index is 0.107. The summed E-state index contributed by atoms with van der Waals surface area (Å²) in [6.07, 6.45) is 1.92. The van der Waals surface area contributed by atoms with Gasteiger partial charge in [0.2, 0.25) is 5.91 Å². The zero-order valence-corrected chi connectivity index (χ0v) is 21.0. The highest BCUT2D eigenvalue weighted by Gasteiger charge is 2.36. The van der Waals surface area contributed by atoms with E-state index in [0.29, 0.717) is 12.1 Å². The van der Waals surface area contributed by atoms with Crippen LogP contribution in [0.3, 0.4) is 0 Å². The fraction of sp³-hybridized carbons (Fsp3) is 0.290. The zero-order chi connectivity index (χ0) is 25.6.